The SMILES string of the molecule is CC(C)(C)c1cc(Pc2ccccc2CN(c2ccccc2)c2ccccc2)c(O)c(C(C)(C)C)c1.[Cl][Ti][Cl]. The first-order chi connectivity index (χ1) is 18.5. The number of benzene rings is 4. The van der Waals surface area contributed by atoms with Crippen LogP contribution >= 0.6 is 27.2 Å². The van der Waals surface area contributed by atoms with Crippen LogP contribution in [-0.2, 0) is 34.4 Å². The van der Waals surface area contributed by atoms with Crippen LogP contribution in [0.1, 0.15) is 58.2 Å². The number of aromatic hydroxyl groups is 1. The Bertz CT molecular complexity index is 1300. The van der Waals surface area contributed by atoms with Gasteiger partial charge in [0, 0.05) is 28.8 Å². The molecule has 0 bridgehead atoms. The molecule has 4 rings (SSSR count). The summed E-state index contributed by atoms with van der Waals surface area (Å²) in [6.45, 7) is 14.0. The van der Waals surface area contributed by atoms with Gasteiger partial charge in [-0.1, -0.05) is 117 Å². The van der Waals surface area contributed by atoms with Crippen molar-refractivity contribution in [2.24, 2.45) is 0 Å². The summed E-state index contributed by atoms with van der Waals surface area (Å²) in [5, 5.41) is 13.7. The fourth-order valence-electron chi connectivity index (χ4n) is 4.38. The van der Waals surface area contributed by atoms with Gasteiger partial charge in [-0.2, -0.15) is 0 Å². The van der Waals surface area contributed by atoms with Crippen LogP contribution in [0.15, 0.2) is 97.1 Å². The molecule has 1 atom stereocenters. The van der Waals surface area contributed by atoms with E-state index in [2.05, 4.69) is 144 Å². The van der Waals surface area contributed by atoms with Crippen LogP contribution in [0.3, 0.4) is 0 Å². The number of phenolic OH excluding ortho intramolecular Hbond substituents is 1. The first-order valence-corrected chi connectivity index (χ1v) is 18.3. The van der Waals surface area contributed by atoms with E-state index in [1.807, 2.05) is 0 Å². The molecule has 0 spiro atoms. The standard InChI is InChI=1S/C33H38NOP.2ClH.Ti/c1-32(2,3)25-21-28(33(4,5)6)31(35)30(22-25)36-29-20-14-13-15-24(29)23-34(26-16-9-7-10-17-26)27-18-11-8-12-19-27;;;/h7-22,35-36H,23H2,1-6H3;2*1H;/q;;;+2/p-2. The van der Waals surface area contributed by atoms with Crippen molar-refractivity contribution in [2.75, 3.05) is 4.90 Å². The molecular weight excluding hydrogens is 576 g/mol. The van der Waals surface area contributed by atoms with Gasteiger partial charge in [-0.3, -0.25) is 0 Å². The summed E-state index contributed by atoms with van der Waals surface area (Å²) in [4.78, 5) is 2.36. The van der Waals surface area contributed by atoms with Crippen molar-refractivity contribution in [3.05, 3.63) is 114 Å². The summed E-state index contributed by atoms with van der Waals surface area (Å²) < 4.78 is 0. The number of hydrogen-bond donors (Lipinski definition) is 1. The Morgan fingerprint density at radius 1 is 0.692 bits per heavy atom. The first kappa shape index (κ1) is 31.7. The molecule has 0 fully saturated rings. The Kier molecular flexibility index (Phi) is 11.6. The van der Waals surface area contributed by atoms with E-state index in [1.165, 1.54) is 16.4 Å². The molecule has 0 aliphatic heterocycles. The second kappa shape index (κ2) is 14.2. The molecule has 0 aromatic heterocycles. The third-order valence-corrected chi connectivity index (χ3v) is 7.94. The fourth-order valence-corrected chi connectivity index (χ4v) is 5.65. The van der Waals surface area contributed by atoms with Gasteiger partial charge < -0.3 is 10.0 Å². The minimum atomic E-state index is -0.556. The molecule has 1 unspecified atom stereocenters. The minimum absolute atomic E-state index is 0.00384. The molecule has 1 N–H and O–H groups in total. The molecule has 2 nitrogen and oxygen atoms in total. The van der Waals surface area contributed by atoms with Crippen molar-refractivity contribution in [3.8, 4) is 5.75 Å². The predicted molar refractivity (Wildman–Crippen MR) is 170 cm³/mol. The Morgan fingerprint density at radius 3 is 1.67 bits per heavy atom. The van der Waals surface area contributed by atoms with Crippen LogP contribution in [-0.4, -0.2) is 5.11 Å². The van der Waals surface area contributed by atoms with Gasteiger partial charge >= 0.3 is 35.6 Å². The summed E-state index contributed by atoms with van der Waals surface area (Å²) in [6, 6.07) is 34.2. The zero-order chi connectivity index (χ0) is 28.6. The number of anilines is 2. The normalized spacial score (nSPS) is 11.7. The average molecular weight is 614 g/mol. The third kappa shape index (κ3) is 8.84. The molecular formula is C33H38Cl2NOPTi. The van der Waals surface area contributed by atoms with Crippen molar-refractivity contribution in [3.63, 3.8) is 0 Å². The van der Waals surface area contributed by atoms with Crippen molar-refractivity contribution >= 4 is 49.2 Å². The summed E-state index contributed by atoms with van der Waals surface area (Å²) in [7, 11) is 10.1. The van der Waals surface area contributed by atoms with Gasteiger partial charge in [0.05, 0.1) is 0 Å². The van der Waals surface area contributed by atoms with Crippen molar-refractivity contribution < 1.29 is 22.1 Å². The first-order valence-electron chi connectivity index (χ1n) is 13.0. The molecule has 0 aliphatic rings. The van der Waals surface area contributed by atoms with Gasteiger partial charge in [0.15, 0.2) is 0 Å². The van der Waals surface area contributed by atoms with Crippen LogP contribution in [0.4, 0.5) is 11.4 Å². The van der Waals surface area contributed by atoms with Crippen LogP contribution in [0.5, 0.6) is 5.75 Å². The van der Waals surface area contributed by atoms with E-state index < -0.39 is 17.0 Å². The average Bonchev–Trinajstić information content (AvgIpc) is 2.89. The molecule has 204 valence electrons. The molecule has 0 amide bonds. The Balaban J connectivity index is 0.00000134. The third-order valence-electron chi connectivity index (χ3n) is 6.53. The van der Waals surface area contributed by atoms with E-state index in [1.54, 1.807) is 0 Å². The summed E-state index contributed by atoms with van der Waals surface area (Å²) >= 11 is -0.556. The zero-order valence-corrected chi connectivity index (χ0v) is 27.7. The molecule has 0 saturated carbocycles. The topological polar surface area (TPSA) is 23.5 Å². The van der Waals surface area contributed by atoms with Crippen molar-refractivity contribution in [1.29, 1.82) is 0 Å². The maximum atomic E-state index is 11.4. The van der Waals surface area contributed by atoms with Gasteiger partial charge in [-0.15, -0.1) is 0 Å². The predicted octanol–water partition coefficient (Wildman–Crippen LogP) is 9.33. The van der Waals surface area contributed by atoms with E-state index in [4.69, 9.17) is 18.6 Å². The molecule has 0 heterocycles. The van der Waals surface area contributed by atoms with E-state index in [-0.39, 0.29) is 10.8 Å². The summed E-state index contributed by atoms with van der Waals surface area (Å²) in [5.74, 6) is 0.437. The van der Waals surface area contributed by atoms with Gasteiger partial charge in [0.1, 0.15) is 5.75 Å². The molecule has 4 aromatic carbocycles. The second-order valence-electron chi connectivity index (χ2n) is 11.5. The van der Waals surface area contributed by atoms with Crippen LogP contribution < -0.4 is 15.5 Å². The molecule has 0 saturated heterocycles. The summed E-state index contributed by atoms with van der Waals surface area (Å²) in [6.07, 6.45) is 0. The number of phenols is 1. The fraction of sp³-hybridized carbons (Fsp3) is 0.273. The quantitative estimate of drug-likeness (QED) is 0.173. The Labute approximate surface area is 253 Å². The maximum absolute atomic E-state index is 11.4. The number of nitrogens with zero attached hydrogens (tertiary/aromatic N) is 1. The monoisotopic (exact) mass is 613 g/mol. The molecule has 6 heteroatoms. The van der Waals surface area contributed by atoms with Gasteiger partial charge in [-0.25, -0.2) is 0 Å². The molecule has 4 aromatic rings. The van der Waals surface area contributed by atoms with Crippen molar-refractivity contribution in [2.45, 2.75) is 58.9 Å². The van der Waals surface area contributed by atoms with E-state index >= 15 is 0 Å². The van der Waals surface area contributed by atoms with Gasteiger partial charge in [0.2, 0.25) is 0 Å². The number of rotatable bonds is 6. The zero-order valence-electron chi connectivity index (χ0n) is 23.6. The summed E-state index contributed by atoms with van der Waals surface area (Å²) in [5.41, 5.74) is 5.74. The number of para-hydroxylation sites is 2. The molecule has 0 aliphatic carbocycles. The Hall–Kier alpha value is -1.80. The van der Waals surface area contributed by atoms with Crippen LogP contribution in [0.2, 0.25) is 0 Å². The molecule has 0 radical (unpaired) electrons. The molecule has 39 heavy (non-hydrogen) atoms. The van der Waals surface area contributed by atoms with Crippen molar-refractivity contribution in [1.82, 2.24) is 0 Å². The van der Waals surface area contributed by atoms with Crippen LogP contribution in [0, 0.1) is 0 Å². The number of hydrogen-bond acceptors (Lipinski definition) is 2. The number of halogens is 2. The second-order valence-corrected chi connectivity index (χ2v) is 15.4. The van der Waals surface area contributed by atoms with E-state index in [0.29, 0.717) is 14.3 Å². The van der Waals surface area contributed by atoms with Crippen LogP contribution in [0.25, 0.3) is 0 Å². The van der Waals surface area contributed by atoms with Gasteiger partial charge in [0.25, 0.3) is 0 Å². The van der Waals surface area contributed by atoms with E-state index in [0.717, 1.165) is 28.8 Å². The van der Waals surface area contributed by atoms with E-state index in [9.17, 15) is 5.11 Å². The Morgan fingerprint density at radius 2 is 1.18 bits per heavy atom. The van der Waals surface area contributed by atoms with Gasteiger partial charge in [-0.05, 0) is 57.6 Å².